The summed E-state index contributed by atoms with van der Waals surface area (Å²) in [6.45, 7) is 15.8. The molecular weight excluding hydrogens is 380 g/mol. The van der Waals surface area contributed by atoms with Crippen LogP contribution < -0.4 is 0 Å². The van der Waals surface area contributed by atoms with Gasteiger partial charge in [-0.15, -0.1) is 0 Å². The second-order valence-corrected chi connectivity index (χ2v) is 10.0. The van der Waals surface area contributed by atoms with E-state index >= 15 is 0 Å². The predicted molar refractivity (Wildman–Crippen MR) is 119 cm³/mol. The molecule has 5 nitrogen and oxygen atoms in total. The first kappa shape index (κ1) is 26.3. The summed E-state index contributed by atoms with van der Waals surface area (Å²) in [6.07, 6.45) is -1.30. The van der Waals surface area contributed by atoms with Crippen molar-refractivity contribution in [1.82, 2.24) is 0 Å². The number of hydrogen-bond donors (Lipinski definition) is 1. The Balaban J connectivity index is 2.62. The van der Waals surface area contributed by atoms with Gasteiger partial charge in [0.25, 0.3) is 0 Å². The van der Waals surface area contributed by atoms with Crippen molar-refractivity contribution in [3.8, 4) is 0 Å². The Hall–Kier alpha value is -1.72. The predicted octanol–water partition coefficient (Wildman–Crippen LogP) is 4.80. The molecule has 0 aliphatic rings. The number of ether oxygens (including phenoxy) is 2. The molecule has 1 aromatic rings. The van der Waals surface area contributed by atoms with Crippen LogP contribution in [0.3, 0.4) is 0 Å². The molecule has 1 N–H and O–H groups in total. The number of ketones is 1. The van der Waals surface area contributed by atoms with Crippen molar-refractivity contribution in [2.45, 2.75) is 80.1 Å². The second kappa shape index (κ2) is 11.1. The summed E-state index contributed by atoms with van der Waals surface area (Å²) >= 11 is 0. The molecular formula is C25H40O5. The molecule has 1 rings (SSSR count). The van der Waals surface area contributed by atoms with Gasteiger partial charge in [-0.3, -0.25) is 9.59 Å². The van der Waals surface area contributed by atoms with Gasteiger partial charge in [-0.05, 0) is 38.2 Å². The van der Waals surface area contributed by atoms with E-state index in [4.69, 9.17) is 9.47 Å². The molecule has 0 unspecified atom stereocenters. The summed E-state index contributed by atoms with van der Waals surface area (Å²) in [5.74, 6) is -0.587. The Morgan fingerprint density at radius 3 is 2.10 bits per heavy atom. The van der Waals surface area contributed by atoms with Gasteiger partial charge in [-0.2, -0.15) is 0 Å². The normalized spacial score (nSPS) is 16.4. The minimum Gasteiger partial charge on any atom is -0.460 e. The highest BCUT2D eigenvalue weighted by atomic mass is 16.6. The van der Waals surface area contributed by atoms with Crippen LogP contribution in [0.1, 0.15) is 67.4 Å². The molecule has 0 bridgehead atoms. The van der Waals surface area contributed by atoms with Gasteiger partial charge in [-0.1, -0.05) is 65.0 Å². The molecule has 0 aliphatic heterocycles. The summed E-state index contributed by atoms with van der Waals surface area (Å²) in [5, 5.41) is 10.6. The van der Waals surface area contributed by atoms with Crippen LogP contribution in [0.25, 0.3) is 0 Å². The topological polar surface area (TPSA) is 72.8 Å². The van der Waals surface area contributed by atoms with E-state index in [0.29, 0.717) is 13.2 Å². The molecule has 0 fully saturated rings. The smallest absolute Gasteiger partial charge is 0.308 e. The van der Waals surface area contributed by atoms with Gasteiger partial charge in [0.15, 0.2) is 0 Å². The first-order valence-corrected chi connectivity index (χ1v) is 10.8. The van der Waals surface area contributed by atoms with Crippen molar-refractivity contribution < 1.29 is 24.2 Å². The number of aliphatic hydroxyl groups excluding tert-OH is 1. The average Bonchev–Trinajstić information content (AvgIpc) is 2.65. The van der Waals surface area contributed by atoms with Crippen LogP contribution in [0.15, 0.2) is 30.3 Å². The third-order valence-electron chi connectivity index (χ3n) is 5.84. The van der Waals surface area contributed by atoms with Gasteiger partial charge in [0.05, 0.1) is 24.5 Å². The van der Waals surface area contributed by atoms with E-state index in [-0.39, 0.29) is 30.0 Å². The zero-order valence-corrected chi connectivity index (χ0v) is 19.9. The number of aliphatic hydroxyl groups is 1. The molecule has 5 heteroatoms. The minimum atomic E-state index is -1.10. The SMILES string of the molecule is C[C@@H]([C@@H](C)COCc1ccccc1)[C@@H](C)C(=O)C(C)(C)[C@@H](O)CC(=O)OC(C)(C)C. The third-order valence-corrected chi connectivity index (χ3v) is 5.84. The molecule has 0 radical (unpaired) electrons. The van der Waals surface area contributed by atoms with Crippen LogP contribution in [0.4, 0.5) is 0 Å². The van der Waals surface area contributed by atoms with Crippen molar-refractivity contribution in [3.05, 3.63) is 35.9 Å². The van der Waals surface area contributed by atoms with Crippen molar-refractivity contribution in [2.75, 3.05) is 6.61 Å². The van der Waals surface area contributed by atoms with Gasteiger partial charge in [0.2, 0.25) is 0 Å². The molecule has 0 spiro atoms. The quantitative estimate of drug-likeness (QED) is 0.521. The first-order chi connectivity index (χ1) is 13.8. The van der Waals surface area contributed by atoms with Crippen LogP contribution in [0, 0.1) is 23.2 Å². The standard InChI is InChI=1S/C25H40O5/c1-17(15-29-16-20-12-10-9-11-13-20)18(2)19(3)23(28)25(7,8)21(26)14-22(27)30-24(4,5)6/h9-13,17-19,21,26H,14-16H2,1-8H3/t17-,18-,19+,21-/m0/s1. The van der Waals surface area contributed by atoms with E-state index < -0.39 is 23.1 Å². The van der Waals surface area contributed by atoms with Crippen LogP contribution in [0.5, 0.6) is 0 Å². The Morgan fingerprint density at radius 1 is 1.00 bits per heavy atom. The van der Waals surface area contributed by atoms with Crippen molar-refractivity contribution in [1.29, 1.82) is 0 Å². The maximum atomic E-state index is 13.2. The Bertz CT molecular complexity index is 675. The molecule has 1 aromatic carbocycles. The fourth-order valence-corrected chi connectivity index (χ4v) is 3.37. The van der Waals surface area contributed by atoms with Gasteiger partial charge in [-0.25, -0.2) is 0 Å². The van der Waals surface area contributed by atoms with Crippen molar-refractivity contribution >= 4 is 11.8 Å². The molecule has 170 valence electrons. The highest BCUT2D eigenvalue weighted by Crippen LogP contribution is 2.33. The maximum Gasteiger partial charge on any atom is 0.308 e. The molecule has 0 aliphatic carbocycles. The largest absolute Gasteiger partial charge is 0.460 e. The molecule has 0 saturated heterocycles. The van der Waals surface area contributed by atoms with E-state index in [9.17, 15) is 14.7 Å². The molecule has 0 heterocycles. The zero-order valence-electron chi connectivity index (χ0n) is 19.9. The molecule has 30 heavy (non-hydrogen) atoms. The van der Waals surface area contributed by atoms with E-state index in [1.807, 2.05) is 44.2 Å². The van der Waals surface area contributed by atoms with Crippen molar-refractivity contribution in [3.63, 3.8) is 0 Å². The number of rotatable bonds is 11. The van der Waals surface area contributed by atoms with Gasteiger partial charge in [0.1, 0.15) is 11.4 Å². The lowest BCUT2D eigenvalue weighted by Gasteiger charge is -2.35. The Kier molecular flexibility index (Phi) is 9.70. The van der Waals surface area contributed by atoms with E-state index in [2.05, 4.69) is 6.92 Å². The lowest BCUT2D eigenvalue weighted by Crippen LogP contribution is -2.44. The van der Waals surface area contributed by atoms with Crippen LogP contribution in [0.2, 0.25) is 0 Å². The van der Waals surface area contributed by atoms with Gasteiger partial charge >= 0.3 is 5.97 Å². The fraction of sp³-hybridized carbons (Fsp3) is 0.680. The highest BCUT2D eigenvalue weighted by molar-refractivity contribution is 5.87. The maximum absolute atomic E-state index is 13.2. The van der Waals surface area contributed by atoms with Crippen LogP contribution >= 0.6 is 0 Å². The van der Waals surface area contributed by atoms with E-state index in [1.165, 1.54) is 0 Å². The fourth-order valence-electron chi connectivity index (χ4n) is 3.37. The van der Waals surface area contributed by atoms with Crippen LogP contribution in [-0.2, 0) is 25.7 Å². The van der Waals surface area contributed by atoms with E-state index in [1.54, 1.807) is 34.6 Å². The lowest BCUT2D eigenvalue weighted by molar-refractivity contribution is -0.160. The van der Waals surface area contributed by atoms with Crippen LogP contribution in [-0.4, -0.2) is 35.2 Å². The van der Waals surface area contributed by atoms with Gasteiger partial charge in [0, 0.05) is 12.5 Å². The summed E-state index contributed by atoms with van der Waals surface area (Å²) in [5.41, 5.74) is -0.551. The summed E-state index contributed by atoms with van der Waals surface area (Å²) < 4.78 is 11.1. The Morgan fingerprint density at radius 2 is 1.57 bits per heavy atom. The molecule has 0 saturated carbocycles. The van der Waals surface area contributed by atoms with E-state index in [0.717, 1.165) is 5.56 Å². The highest BCUT2D eigenvalue weighted by Gasteiger charge is 2.41. The second-order valence-electron chi connectivity index (χ2n) is 10.0. The summed E-state index contributed by atoms with van der Waals surface area (Å²) in [6, 6.07) is 9.98. The average molecular weight is 421 g/mol. The monoisotopic (exact) mass is 420 g/mol. The number of hydrogen-bond acceptors (Lipinski definition) is 5. The Labute approximate surface area is 182 Å². The minimum absolute atomic E-state index is 0.0547. The van der Waals surface area contributed by atoms with Gasteiger partial charge < -0.3 is 14.6 Å². The number of carbonyl (C=O) groups excluding carboxylic acids is 2. The number of benzene rings is 1. The number of Topliss-reactive ketones (excluding diaryl/α,β-unsaturated/α-hetero) is 1. The van der Waals surface area contributed by atoms with Crippen molar-refractivity contribution in [2.24, 2.45) is 23.2 Å². The summed E-state index contributed by atoms with van der Waals surface area (Å²) in [4.78, 5) is 25.2. The third kappa shape index (κ3) is 8.19. The summed E-state index contributed by atoms with van der Waals surface area (Å²) in [7, 11) is 0. The molecule has 0 amide bonds. The molecule has 0 aromatic heterocycles. The molecule has 4 atom stereocenters. The zero-order chi connectivity index (χ0) is 23.1. The first-order valence-electron chi connectivity index (χ1n) is 10.8. The lowest BCUT2D eigenvalue weighted by atomic mass is 9.71. The number of esters is 1. The number of carbonyl (C=O) groups is 2.